The van der Waals surface area contributed by atoms with Crippen molar-refractivity contribution < 1.29 is 26.7 Å². The summed E-state index contributed by atoms with van der Waals surface area (Å²) in [4.78, 5) is 8.22. The van der Waals surface area contributed by atoms with E-state index in [0.29, 0.717) is 36.9 Å². The minimum absolute atomic E-state index is 0.00883. The van der Waals surface area contributed by atoms with Crippen molar-refractivity contribution in [2.75, 3.05) is 11.1 Å². The Bertz CT molecular complexity index is 1060. The third kappa shape index (κ3) is 5.35. The highest BCUT2D eigenvalue weighted by Gasteiger charge is 2.39. The van der Waals surface area contributed by atoms with Crippen molar-refractivity contribution in [3.05, 3.63) is 41.2 Å². The summed E-state index contributed by atoms with van der Waals surface area (Å²) in [5, 5.41) is 13.0. The van der Waals surface area contributed by atoms with Crippen LogP contribution in [0.5, 0.6) is 0 Å². The molecule has 31 heavy (non-hydrogen) atoms. The third-order valence-corrected chi connectivity index (χ3v) is 7.49. The fraction of sp³-hybridized carbons (Fsp3) is 0.524. The molecule has 0 amide bonds. The first kappa shape index (κ1) is 23.5. The zero-order chi connectivity index (χ0) is 23.0. The van der Waals surface area contributed by atoms with E-state index in [1.54, 1.807) is 26.8 Å². The first-order chi connectivity index (χ1) is 14.3. The molecule has 1 heterocycles. The monoisotopic (exact) mass is 457 g/mol. The minimum atomic E-state index is -4.58. The van der Waals surface area contributed by atoms with Crippen LogP contribution in [0, 0.1) is 6.92 Å². The van der Waals surface area contributed by atoms with Gasteiger partial charge in [-0.05, 0) is 63.3 Å². The molecule has 1 aromatic carbocycles. The molecule has 170 valence electrons. The molecule has 1 aliphatic rings. The molecular weight excluding hydrogens is 431 g/mol. The van der Waals surface area contributed by atoms with Gasteiger partial charge in [0.15, 0.2) is 9.84 Å². The number of benzene rings is 1. The lowest BCUT2D eigenvalue weighted by Crippen LogP contribution is -2.30. The summed E-state index contributed by atoms with van der Waals surface area (Å²) in [6.45, 7) is 4.94. The van der Waals surface area contributed by atoms with Crippen molar-refractivity contribution in [2.45, 2.75) is 69.0 Å². The van der Waals surface area contributed by atoms with Crippen LogP contribution in [0.2, 0.25) is 0 Å². The Kier molecular flexibility index (Phi) is 6.35. The van der Waals surface area contributed by atoms with Crippen molar-refractivity contribution in [1.29, 1.82) is 0 Å². The number of nitrogens with one attached hydrogen (secondary N) is 1. The highest BCUT2D eigenvalue weighted by Crippen LogP contribution is 2.42. The summed E-state index contributed by atoms with van der Waals surface area (Å²) in [5.41, 5.74) is -0.713. The van der Waals surface area contributed by atoms with Gasteiger partial charge in [-0.15, -0.1) is 0 Å². The SMILES string of the molecule is CCS(=O)(=O)c1ccc(Nc2ncc(C(F)(F)F)c(C3CCC(C)(O)CC3)n2)c(C)c1. The first-order valence-corrected chi connectivity index (χ1v) is 11.7. The van der Waals surface area contributed by atoms with E-state index in [1.807, 2.05) is 0 Å². The van der Waals surface area contributed by atoms with Gasteiger partial charge in [-0.3, -0.25) is 0 Å². The number of anilines is 2. The second kappa shape index (κ2) is 8.38. The van der Waals surface area contributed by atoms with Gasteiger partial charge in [-0.25, -0.2) is 18.4 Å². The van der Waals surface area contributed by atoms with Gasteiger partial charge in [0, 0.05) is 17.8 Å². The van der Waals surface area contributed by atoms with Crippen LogP contribution in [-0.4, -0.2) is 34.8 Å². The Labute approximate surface area is 179 Å². The number of aliphatic hydroxyl groups is 1. The van der Waals surface area contributed by atoms with Crippen molar-refractivity contribution in [3.63, 3.8) is 0 Å². The molecule has 1 saturated carbocycles. The number of hydrogen-bond donors (Lipinski definition) is 2. The maximum absolute atomic E-state index is 13.6. The topological polar surface area (TPSA) is 92.2 Å². The molecule has 1 fully saturated rings. The van der Waals surface area contributed by atoms with Crippen LogP contribution in [-0.2, 0) is 16.0 Å². The molecule has 1 aliphatic carbocycles. The van der Waals surface area contributed by atoms with Crippen LogP contribution >= 0.6 is 0 Å². The number of aromatic nitrogens is 2. The Hall–Kier alpha value is -2.20. The maximum atomic E-state index is 13.6. The maximum Gasteiger partial charge on any atom is 0.419 e. The molecular formula is C21H26F3N3O3S. The number of nitrogens with zero attached hydrogens (tertiary/aromatic N) is 2. The van der Waals surface area contributed by atoms with Crippen LogP contribution in [0.4, 0.5) is 24.8 Å². The molecule has 0 radical (unpaired) electrons. The summed E-state index contributed by atoms with van der Waals surface area (Å²) in [7, 11) is -3.37. The number of alkyl halides is 3. The minimum Gasteiger partial charge on any atom is -0.390 e. The van der Waals surface area contributed by atoms with Crippen molar-refractivity contribution in [1.82, 2.24) is 9.97 Å². The highest BCUT2D eigenvalue weighted by molar-refractivity contribution is 7.91. The van der Waals surface area contributed by atoms with Crippen LogP contribution < -0.4 is 5.32 Å². The van der Waals surface area contributed by atoms with Gasteiger partial charge in [-0.2, -0.15) is 13.2 Å². The zero-order valence-electron chi connectivity index (χ0n) is 17.6. The molecule has 3 rings (SSSR count). The van der Waals surface area contributed by atoms with Crippen molar-refractivity contribution in [2.24, 2.45) is 0 Å². The summed E-state index contributed by atoms with van der Waals surface area (Å²) < 4.78 is 64.8. The molecule has 0 bridgehead atoms. The fourth-order valence-corrected chi connectivity index (χ4v) is 4.72. The van der Waals surface area contributed by atoms with E-state index < -0.39 is 33.1 Å². The molecule has 0 unspecified atom stereocenters. The average Bonchev–Trinajstić information content (AvgIpc) is 2.68. The summed E-state index contributed by atoms with van der Waals surface area (Å²) in [6.07, 6.45) is -2.21. The number of aryl methyl sites for hydroxylation is 1. The van der Waals surface area contributed by atoms with Gasteiger partial charge >= 0.3 is 6.18 Å². The van der Waals surface area contributed by atoms with Crippen molar-refractivity contribution in [3.8, 4) is 0 Å². The molecule has 10 heteroatoms. The van der Waals surface area contributed by atoms with Crippen LogP contribution in [0.25, 0.3) is 0 Å². The molecule has 6 nitrogen and oxygen atoms in total. The van der Waals surface area contributed by atoms with Crippen LogP contribution in [0.15, 0.2) is 29.3 Å². The number of rotatable bonds is 5. The van der Waals surface area contributed by atoms with E-state index in [-0.39, 0.29) is 22.3 Å². The second-order valence-corrected chi connectivity index (χ2v) is 10.5. The summed E-state index contributed by atoms with van der Waals surface area (Å²) >= 11 is 0. The largest absolute Gasteiger partial charge is 0.419 e. The van der Waals surface area contributed by atoms with Gasteiger partial charge in [0.2, 0.25) is 5.95 Å². The Morgan fingerprint density at radius 1 is 1.26 bits per heavy atom. The van der Waals surface area contributed by atoms with Crippen LogP contribution in [0.1, 0.15) is 62.3 Å². The van der Waals surface area contributed by atoms with Gasteiger partial charge in [0.1, 0.15) is 0 Å². The Morgan fingerprint density at radius 3 is 2.45 bits per heavy atom. The van der Waals surface area contributed by atoms with Gasteiger partial charge < -0.3 is 10.4 Å². The molecule has 0 atom stereocenters. The first-order valence-electron chi connectivity index (χ1n) is 10.1. The number of halogens is 3. The lowest BCUT2D eigenvalue weighted by atomic mass is 9.78. The fourth-order valence-electron chi connectivity index (χ4n) is 3.75. The van der Waals surface area contributed by atoms with Gasteiger partial charge in [0.25, 0.3) is 0 Å². The number of hydrogen-bond acceptors (Lipinski definition) is 6. The predicted octanol–water partition coefficient (Wildman–Crippen LogP) is 4.75. The standard InChI is InChI=1S/C21H26F3N3O3S/c1-4-31(29,30)15-5-6-17(13(2)11-15)26-19-25-12-16(21(22,23)24)18(27-19)14-7-9-20(3,28)10-8-14/h5-6,11-12,14,28H,4,7-10H2,1-3H3,(H,25,26,27). The predicted molar refractivity (Wildman–Crippen MR) is 111 cm³/mol. The van der Waals surface area contributed by atoms with E-state index in [1.165, 1.54) is 12.1 Å². The quantitative estimate of drug-likeness (QED) is 0.673. The second-order valence-electron chi connectivity index (χ2n) is 8.27. The Morgan fingerprint density at radius 2 is 1.90 bits per heavy atom. The van der Waals surface area contributed by atoms with E-state index in [9.17, 15) is 26.7 Å². The number of sulfone groups is 1. The summed E-state index contributed by atoms with van der Waals surface area (Å²) in [6, 6.07) is 4.51. The molecule has 2 N–H and O–H groups in total. The van der Waals surface area contributed by atoms with Crippen molar-refractivity contribution >= 4 is 21.5 Å². The van der Waals surface area contributed by atoms with E-state index in [4.69, 9.17) is 0 Å². The smallest absolute Gasteiger partial charge is 0.390 e. The Balaban J connectivity index is 1.93. The van der Waals surface area contributed by atoms with Gasteiger partial charge in [0.05, 0.1) is 27.5 Å². The normalized spacial score (nSPS) is 22.4. The van der Waals surface area contributed by atoms with E-state index in [0.717, 1.165) is 6.20 Å². The lowest BCUT2D eigenvalue weighted by Gasteiger charge is -2.33. The lowest BCUT2D eigenvalue weighted by molar-refractivity contribution is -0.139. The molecule has 0 aliphatic heterocycles. The zero-order valence-corrected chi connectivity index (χ0v) is 18.4. The molecule has 0 saturated heterocycles. The van der Waals surface area contributed by atoms with E-state index >= 15 is 0 Å². The third-order valence-electron chi connectivity index (χ3n) is 5.76. The van der Waals surface area contributed by atoms with E-state index in [2.05, 4.69) is 15.3 Å². The van der Waals surface area contributed by atoms with Gasteiger partial charge in [-0.1, -0.05) is 6.92 Å². The highest BCUT2D eigenvalue weighted by atomic mass is 32.2. The molecule has 1 aromatic heterocycles. The molecule has 0 spiro atoms. The molecule has 2 aromatic rings. The van der Waals surface area contributed by atoms with Crippen LogP contribution in [0.3, 0.4) is 0 Å². The average molecular weight is 458 g/mol. The summed E-state index contributed by atoms with van der Waals surface area (Å²) in [5.74, 6) is -0.452.